The molecule has 0 saturated heterocycles. The molecule has 1 atom stereocenters. The lowest BCUT2D eigenvalue weighted by molar-refractivity contribution is 0.121. The Balaban J connectivity index is 2.35. The van der Waals surface area contributed by atoms with E-state index >= 15 is 0 Å². The van der Waals surface area contributed by atoms with Gasteiger partial charge in [0.25, 0.3) is 0 Å². The summed E-state index contributed by atoms with van der Waals surface area (Å²) < 4.78 is 16.2. The molecule has 0 fully saturated rings. The van der Waals surface area contributed by atoms with Gasteiger partial charge >= 0.3 is 8.80 Å². The summed E-state index contributed by atoms with van der Waals surface area (Å²) in [5.41, 5.74) is 0. The van der Waals surface area contributed by atoms with E-state index in [0.29, 0.717) is 0 Å². The topological polar surface area (TPSA) is 27.7 Å². The van der Waals surface area contributed by atoms with Crippen LogP contribution in [0.5, 0.6) is 0 Å². The molecule has 1 aliphatic rings. The normalized spacial score (nSPS) is 21.9. The second-order valence-corrected chi connectivity index (χ2v) is 7.08. The third-order valence-corrected chi connectivity index (χ3v) is 5.94. The van der Waals surface area contributed by atoms with Crippen LogP contribution in [0, 0.1) is 5.92 Å². The summed E-state index contributed by atoms with van der Waals surface area (Å²) >= 11 is 0. The maximum absolute atomic E-state index is 5.40. The van der Waals surface area contributed by atoms with Crippen molar-refractivity contribution in [3.63, 3.8) is 0 Å². The Morgan fingerprint density at radius 2 is 1.80 bits per heavy atom. The predicted molar refractivity (Wildman–Crippen MR) is 62.7 cm³/mol. The van der Waals surface area contributed by atoms with E-state index < -0.39 is 8.80 Å². The first kappa shape index (κ1) is 12.9. The van der Waals surface area contributed by atoms with E-state index in [1.807, 2.05) is 0 Å². The third kappa shape index (κ3) is 3.72. The summed E-state index contributed by atoms with van der Waals surface area (Å²) in [5, 5.41) is 0. The number of hydrogen-bond acceptors (Lipinski definition) is 3. The third-order valence-electron chi connectivity index (χ3n) is 3.17. The summed E-state index contributed by atoms with van der Waals surface area (Å²) in [6.07, 6.45) is 9.39. The maximum Gasteiger partial charge on any atom is 0.500 e. The summed E-state index contributed by atoms with van der Waals surface area (Å²) in [5.74, 6) is 0.780. The first-order chi connectivity index (χ1) is 7.26. The monoisotopic (exact) mass is 230 g/mol. The van der Waals surface area contributed by atoms with Crippen LogP contribution in [0.3, 0.4) is 0 Å². The fourth-order valence-electron chi connectivity index (χ4n) is 2.06. The number of rotatable bonds is 6. The molecule has 0 amide bonds. The standard InChI is InChI=1S/C11H22O3Si/c1-12-15(13-2,14-3)10-9-11-7-5-4-6-8-11/h4-5,11H,6-10H2,1-3H3. The van der Waals surface area contributed by atoms with Crippen LogP contribution in [-0.2, 0) is 13.3 Å². The van der Waals surface area contributed by atoms with Gasteiger partial charge in [0, 0.05) is 27.4 Å². The lowest BCUT2D eigenvalue weighted by Gasteiger charge is -2.26. The molecule has 4 heteroatoms. The maximum atomic E-state index is 5.40. The van der Waals surface area contributed by atoms with Gasteiger partial charge in [-0.1, -0.05) is 12.2 Å². The van der Waals surface area contributed by atoms with Gasteiger partial charge in [-0.25, -0.2) is 0 Å². The van der Waals surface area contributed by atoms with Crippen LogP contribution in [0.1, 0.15) is 25.7 Å². The van der Waals surface area contributed by atoms with Crippen LogP contribution in [0.4, 0.5) is 0 Å². The first-order valence-electron chi connectivity index (χ1n) is 5.57. The van der Waals surface area contributed by atoms with E-state index in [2.05, 4.69) is 12.2 Å². The highest BCUT2D eigenvalue weighted by Gasteiger charge is 2.37. The Kier molecular flexibility index (Phi) is 5.53. The molecular formula is C11H22O3Si. The molecule has 0 N–H and O–H groups in total. The Bertz CT molecular complexity index is 194. The van der Waals surface area contributed by atoms with Crippen molar-refractivity contribution in [3.8, 4) is 0 Å². The van der Waals surface area contributed by atoms with Crippen molar-refractivity contribution in [2.45, 2.75) is 31.7 Å². The van der Waals surface area contributed by atoms with Crippen molar-refractivity contribution in [1.82, 2.24) is 0 Å². The molecule has 0 saturated carbocycles. The van der Waals surface area contributed by atoms with E-state index in [1.165, 1.54) is 19.3 Å². The highest BCUT2D eigenvalue weighted by Crippen LogP contribution is 2.26. The van der Waals surface area contributed by atoms with E-state index in [4.69, 9.17) is 13.3 Å². The van der Waals surface area contributed by atoms with Gasteiger partial charge in [0.2, 0.25) is 0 Å². The lowest BCUT2D eigenvalue weighted by Crippen LogP contribution is -2.43. The van der Waals surface area contributed by atoms with Crippen LogP contribution in [0.25, 0.3) is 0 Å². The fourth-order valence-corrected chi connectivity index (χ4v) is 3.93. The van der Waals surface area contributed by atoms with Gasteiger partial charge in [-0.3, -0.25) is 0 Å². The highest BCUT2D eigenvalue weighted by atomic mass is 28.4. The molecular weight excluding hydrogens is 208 g/mol. The van der Waals surface area contributed by atoms with Crippen molar-refractivity contribution >= 4 is 8.80 Å². The van der Waals surface area contributed by atoms with E-state index in [0.717, 1.165) is 18.4 Å². The zero-order valence-electron chi connectivity index (χ0n) is 9.99. The highest BCUT2D eigenvalue weighted by molar-refractivity contribution is 6.60. The van der Waals surface area contributed by atoms with Crippen molar-refractivity contribution in [3.05, 3.63) is 12.2 Å². The molecule has 1 aliphatic carbocycles. The van der Waals surface area contributed by atoms with Gasteiger partial charge in [-0.05, 0) is 31.6 Å². The molecule has 0 aromatic heterocycles. The predicted octanol–water partition coefficient (Wildman–Crippen LogP) is 2.61. The van der Waals surface area contributed by atoms with Crippen LogP contribution in [-0.4, -0.2) is 30.1 Å². The summed E-state index contributed by atoms with van der Waals surface area (Å²) in [6.45, 7) is 0. The molecule has 3 nitrogen and oxygen atoms in total. The minimum Gasteiger partial charge on any atom is -0.377 e. The van der Waals surface area contributed by atoms with Gasteiger partial charge in [0.15, 0.2) is 0 Å². The quantitative estimate of drug-likeness (QED) is 0.518. The smallest absolute Gasteiger partial charge is 0.377 e. The average molecular weight is 230 g/mol. The van der Waals surface area contributed by atoms with E-state index in [9.17, 15) is 0 Å². The molecule has 0 aromatic carbocycles. The van der Waals surface area contributed by atoms with Gasteiger partial charge in [0.1, 0.15) is 0 Å². The van der Waals surface area contributed by atoms with Gasteiger partial charge < -0.3 is 13.3 Å². The molecule has 0 aliphatic heterocycles. The Labute approximate surface area is 93.8 Å². The summed E-state index contributed by atoms with van der Waals surface area (Å²) in [7, 11) is 2.72. The van der Waals surface area contributed by atoms with E-state index in [1.54, 1.807) is 21.3 Å². The largest absolute Gasteiger partial charge is 0.500 e. The molecule has 0 spiro atoms. The molecule has 0 heterocycles. The number of allylic oxidation sites excluding steroid dienone is 2. The Hall–Kier alpha value is -0.163. The average Bonchev–Trinajstić information content (AvgIpc) is 2.33. The Morgan fingerprint density at radius 1 is 1.13 bits per heavy atom. The molecule has 0 aromatic rings. The van der Waals surface area contributed by atoms with Crippen molar-refractivity contribution < 1.29 is 13.3 Å². The molecule has 0 bridgehead atoms. The molecule has 0 radical (unpaired) electrons. The first-order valence-corrected chi connectivity index (χ1v) is 7.50. The zero-order valence-corrected chi connectivity index (χ0v) is 11.0. The molecule has 1 rings (SSSR count). The van der Waals surface area contributed by atoms with Gasteiger partial charge in [-0.15, -0.1) is 0 Å². The van der Waals surface area contributed by atoms with Crippen molar-refractivity contribution in [2.75, 3.05) is 21.3 Å². The molecule has 88 valence electrons. The van der Waals surface area contributed by atoms with E-state index in [-0.39, 0.29) is 0 Å². The Morgan fingerprint density at radius 3 is 2.27 bits per heavy atom. The molecule has 1 unspecified atom stereocenters. The zero-order chi connectivity index (χ0) is 11.1. The second kappa shape index (κ2) is 6.43. The molecule has 15 heavy (non-hydrogen) atoms. The minimum atomic E-state index is -2.33. The SMILES string of the molecule is CO[Si](CCC1CC=CCC1)(OC)OC. The minimum absolute atomic E-state index is 0.780. The number of hydrogen-bond donors (Lipinski definition) is 0. The lowest BCUT2D eigenvalue weighted by atomic mass is 9.92. The van der Waals surface area contributed by atoms with Gasteiger partial charge in [-0.2, -0.15) is 0 Å². The van der Waals surface area contributed by atoms with Crippen LogP contribution in [0.2, 0.25) is 6.04 Å². The van der Waals surface area contributed by atoms with Crippen molar-refractivity contribution in [2.24, 2.45) is 5.92 Å². The van der Waals surface area contributed by atoms with Crippen molar-refractivity contribution in [1.29, 1.82) is 0 Å². The van der Waals surface area contributed by atoms with Crippen LogP contribution in [0.15, 0.2) is 12.2 Å². The second-order valence-electron chi connectivity index (χ2n) is 3.98. The van der Waals surface area contributed by atoms with Crippen LogP contribution >= 0.6 is 0 Å². The summed E-state index contributed by atoms with van der Waals surface area (Å²) in [6, 6.07) is 0.926. The van der Waals surface area contributed by atoms with Crippen LogP contribution < -0.4 is 0 Å². The summed E-state index contributed by atoms with van der Waals surface area (Å²) in [4.78, 5) is 0. The van der Waals surface area contributed by atoms with Gasteiger partial charge in [0.05, 0.1) is 0 Å². The fraction of sp³-hybridized carbons (Fsp3) is 0.818.